The van der Waals surface area contributed by atoms with Gasteiger partial charge in [-0.05, 0) is 11.6 Å². The average molecular weight is 243 g/mol. The summed E-state index contributed by atoms with van der Waals surface area (Å²) < 4.78 is 5.60. The Morgan fingerprint density at radius 2 is 2.06 bits per heavy atom. The zero-order chi connectivity index (χ0) is 12.8. The lowest BCUT2D eigenvalue weighted by Crippen LogP contribution is -2.14. The molecule has 0 saturated heterocycles. The van der Waals surface area contributed by atoms with E-state index in [2.05, 4.69) is 10.1 Å². The van der Waals surface area contributed by atoms with Crippen LogP contribution >= 0.6 is 0 Å². The van der Waals surface area contributed by atoms with Gasteiger partial charge in [0.15, 0.2) is 5.84 Å². The van der Waals surface area contributed by atoms with Gasteiger partial charge in [0, 0.05) is 12.3 Å². The third-order valence-corrected chi connectivity index (χ3v) is 2.35. The van der Waals surface area contributed by atoms with Gasteiger partial charge >= 0.3 is 0 Å². The van der Waals surface area contributed by atoms with Crippen LogP contribution in [0, 0.1) is 0 Å². The van der Waals surface area contributed by atoms with E-state index in [0.29, 0.717) is 18.1 Å². The predicted octanol–water partition coefficient (Wildman–Crippen LogP) is 1.76. The summed E-state index contributed by atoms with van der Waals surface area (Å²) in [6.07, 6.45) is 1.55. The fourth-order valence-electron chi connectivity index (χ4n) is 1.43. The molecular formula is C13H13N3O2. The summed E-state index contributed by atoms with van der Waals surface area (Å²) in [7, 11) is 0. The molecule has 18 heavy (non-hydrogen) atoms. The molecular weight excluding hydrogens is 230 g/mol. The number of hydrogen-bond acceptors (Lipinski definition) is 4. The van der Waals surface area contributed by atoms with Crippen LogP contribution in [0.25, 0.3) is 0 Å². The molecule has 0 aliphatic rings. The predicted molar refractivity (Wildman–Crippen MR) is 67.5 cm³/mol. The summed E-state index contributed by atoms with van der Waals surface area (Å²) >= 11 is 0. The van der Waals surface area contributed by atoms with Gasteiger partial charge in [-0.1, -0.05) is 35.5 Å². The van der Waals surface area contributed by atoms with Crippen molar-refractivity contribution in [3.63, 3.8) is 0 Å². The third kappa shape index (κ3) is 2.98. The molecule has 3 N–H and O–H groups in total. The maximum atomic E-state index is 8.57. The van der Waals surface area contributed by atoms with E-state index in [1.807, 2.05) is 30.3 Å². The molecule has 0 aliphatic heterocycles. The molecule has 0 atom stereocenters. The smallest absolute Gasteiger partial charge is 0.188 e. The highest BCUT2D eigenvalue weighted by Gasteiger charge is 2.03. The lowest BCUT2D eigenvalue weighted by atomic mass is 10.2. The summed E-state index contributed by atoms with van der Waals surface area (Å²) in [4.78, 5) is 3.97. The SMILES string of the molecule is NC(=NO)c1cc(OCc2ccccc2)ccn1. The average Bonchev–Trinajstić information content (AvgIpc) is 2.45. The highest BCUT2D eigenvalue weighted by molar-refractivity contribution is 5.95. The monoisotopic (exact) mass is 243 g/mol. The molecule has 1 aromatic carbocycles. The van der Waals surface area contributed by atoms with Crippen LogP contribution in [-0.4, -0.2) is 16.0 Å². The second-order valence-electron chi connectivity index (χ2n) is 3.64. The second-order valence-corrected chi connectivity index (χ2v) is 3.64. The van der Waals surface area contributed by atoms with Crippen LogP contribution in [0.5, 0.6) is 5.75 Å². The van der Waals surface area contributed by atoms with Crippen molar-refractivity contribution < 1.29 is 9.94 Å². The number of pyridine rings is 1. The van der Waals surface area contributed by atoms with Gasteiger partial charge in [-0.3, -0.25) is 4.98 Å². The molecule has 5 heteroatoms. The number of amidine groups is 1. The van der Waals surface area contributed by atoms with Crippen LogP contribution < -0.4 is 10.5 Å². The molecule has 0 aliphatic carbocycles. The Labute approximate surface area is 105 Å². The number of nitrogens with zero attached hydrogens (tertiary/aromatic N) is 2. The molecule has 0 fully saturated rings. The molecule has 92 valence electrons. The van der Waals surface area contributed by atoms with Crippen molar-refractivity contribution in [3.8, 4) is 5.75 Å². The quantitative estimate of drug-likeness (QED) is 0.371. The van der Waals surface area contributed by atoms with Gasteiger partial charge in [-0.2, -0.15) is 0 Å². The molecule has 0 saturated carbocycles. The number of ether oxygens (including phenoxy) is 1. The molecule has 2 aromatic rings. The number of aromatic nitrogens is 1. The summed E-state index contributed by atoms with van der Waals surface area (Å²) in [6, 6.07) is 13.2. The lowest BCUT2D eigenvalue weighted by Gasteiger charge is -2.07. The molecule has 5 nitrogen and oxygen atoms in total. The van der Waals surface area contributed by atoms with Gasteiger partial charge in [-0.15, -0.1) is 0 Å². The topological polar surface area (TPSA) is 80.7 Å². The van der Waals surface area contributed by atoms with E-state index < -0.39 is 0 Å². The summed E-state index contributed by atoms with van der Waals surface area (Å²) in [5.74, 6) is 0.579. The van der Waals surface area contributed by atoms with Gasteiger partial charge in [0.25, 0.3) is 0 Å². The number of nitrogens with two attached hydrogens (primary N) is 1. The maximum Gasteiger partial charge on any atom is 0.188 e. The Morgan fingerprint density at radius 3 is 2.78 bits per heavy atom. The molecule has 1 aromatic heterocycles. The van der Waals surface area contributed by atoms with Gasteiger partial charge in [0.2, 0.25) is 0 Å². The Balaban J connectivity index is 2.06. The largest absolute Gasteiger partial charge is 0.489 e. The van der Waals surface area contributed by atoms with Crippen molar-refractivity contribution in [2.24, 2.45) is 10.9 Å². The fraction of sp³-hybridized carbons (Fsp3) is 0.0769. The molecule has 0 unspecified atom stereocenters. The van der Waals surface area contributed by atoms with E-state index in [4.69, 9.17) is 15.7 Å². The Kier molecular flexibility index (Phi) is 3.76. The minimum Gasteiger partial charge on any atom is -0.489 e. The van der Waals surface area contributed by atoms with Crippen molar-refractivity contribution in [1.29, 1.82) is 0 Å². The first-order valence-electron chi connectivity index (χ1n) is 5.40. The van der Waals surface area contributed by atoms with Gasteiger partial charge < -0.3 is 15.7 Å². The zero-order valence-corrected chi connectivity index (χ0v) is 9.65. The first kappa shape index (κ1) is 11.9. The van der Waals surface area contributed by atoms with Crippen LogP contribution in [0.4, 0.5) is 0 Å². The van der Waals surface area contributed by atoms with E-state index >= 15 is 0 Å². The molecule has 0 spiro atoms. The number of rotatable bonds is 4. The van der Waals surface area contributed by atoms with E-state index in [9.17, 15) is 0 Å². The van der Waals surface area contributed by atoms with Gasteiger partial charge in [0.05, 0.1) is 0 Å². The van der Waals surface area contributed by atoms with Crippen LogP contribution in [0.1, 0.15) is 11.3 Å². The van der Waals surface area contributed by atoms with Crippen LogP contribution in [0.2, 0.25) is 0 Å². The van der Waals surface area contributed by atoms with Crippen molar-refractivity contribution in [2.45, 2.75) is 6.61 Å². The van der Waals surface area contributed by atoms with Crippen LogP contribution in [0.3, 0.4) is 0 Å². The normalized spacial score (nSPS) is 11.2. The van der Waals surface area contributed by atoms with Crippen molar-refractivity contribution in [3.05, 3.63) is 59.9 Å². The standard InChI is InChI=1S/C13H13N3O2/c14-13(16-17)12-8-11(6-7-15-12)18-9-10-4-2-1-3-5-10/h1-8,17H,9H2,(H2,14,16). The molecule has 0 bridgehead atoms. The summed E-state index contributed by atoms with van der Waals surface area (Å²) in [5, 5.41) is 11.5. The van der Waals surface area contributed by atoms with Crippen molar-refractivity contribution >= 4 is 5.84 Å². The molecule has 0 radical (unpaired) electrons. The fourth-order valence-corrected chi connectivity index (χ4v) is 1.43. The second kappa shape index (κ2) is 5.67. The molecule has 0 amide bonds. The Bertz CT molecular complexity index is 541. The van der Waals surface area contributed by atoms with Crippen molar-refractivity contribution in [2.75, 3.05) is 0 Å². The van der Waals surface area contributed by atoms with E-state index in [1.165, 1.54) is 0 Å². The number of hydrogen-bond donors (Lipinski definition) is 2. The summed E-state index contributed by atoms with van der Waals surface area (Å²) in [6.45, 7) is 0.459. The highest BCUT2D eigenvalue weighted by atomic mass is 16.5. The van der Waals surface area contributed by atoms with Crippen LogP contribution in [0.15, 0.2) is 53.8 Å². The van der Waals surface area contributed by atoms with E-state index in [0.717, 1.165) is 5.56 Å². The Morgan fingerprint density at radius 1 is 1.28 bits per heavy atom. The van der Waals surface area contributed by atoms with Gasteiger partial charge in [0.1, 0.15) is 18.1 Å². The maximum absolute atomic E-state index is 8.57. The first-order valence-corrected chi connectivity index (χ1v) is 5.40. The molecule has 2 rings (SSSR count). The minimum absolute atomic E-state index is 0.0415. The van der Waals surface area contributed by atoms with Crippen molar-refractivity contribution in [1.82, 2.24) is 4.98 Å². The zero-order valence-electron chi connectivity index (χ0n) is 9.65. The minimum atomic E-state index is -0.0415. The third-order valence-electron chi connectivity index (χ3n) is 2.35. The van der Waals surface area contributed by atoms with Gasteiger partial charge in [-0.25, -0.2) is 0 Å². The van der Waals surface area contributed by atoms with E-state index in [1.54, 1.807) is 18.3 Å². The summed E-state index contributed by atoms with van der Waals surface area (Å²) in [5.41, 5.74) is 6.90. The number of oxime groups is 1. The molecule has 1 heterocycles. The first-order chi connectivity index (χ1) is 8.79. The number of benzene rings is 1. The van der Waals surface area contributed by atoms with E-state index in [-0.39, 0.29) is 5.84 Å². The van der Waals surface area contributed by atoms with Crippen LogP contribution in [-0.2, 0) is 6.61 Å². The highest BCUT2D eigenvalue weighted by Crippen LogP contribution is 2.13. The lowest BCUT2D eigenvalue weighted by molar-refractivity contribution is 0.305. The Hall–Kier alpha value is -2.56.